The van der Waals surface area contributed by atoms with Crippen LogP contribution in [0, 0.1) is 11.3 Å². The van der Waals surface area contributed by atoms with Crippen LogP contribution in [0.25, 0.3) is 0 Å². The lowest BCUT2D eigenvalue weighted by atomic mass is 10.00. The molecule has 0 aromatic heterocycles. The molecule has 1 unspecified atom stereocenters. The molecule has 1 rings (SSSR count). The summed E-state index contributed by atoms with van der Waals surface area (Å²) in [4.78, 5) is 23.1. The number of nitriles is 1. The first kappa shape index (κ1) is 14.4. The number of halogens is 1. The van der Waals surface area contributed by atoms with E-state index in [1.165, 1.54) is 18.2 Å². The van der Waals surface area contributed by atoms with E-state index in [9.17, 15) is 9.59 Å². The first-order chi connectivity index (χ1) is 8.51. The van der Waals surface area contributed by atoms with E-state index in [4.69, 9.17) is 10.00 Å². The molecule has 0 aliphatic heterocycles. The Balaban J connectivity index is 3.23. The van der Waals surface area contributed by atoms with Gasteiger partial charge in [-0.05, 0) is 32.0 Å². The Labute approximate surface area is 114 Å². The number of alkyl halides is 1. The Morgan fingerprint density at radius 2 is 2.17 bits per heavy atom. The van der Waals surface area contributed by atoms with Crippen molar-refractivity contribution >= 4 is 27.7 Å². The highest BCUT2D eigenvalue weighted by molar-refractivity contribution is 9.10. The topological polar surface area (TPSA) is 67.2 Å². The zero-order chi connectivity index (χ0) is 13.7. The van der Waals surface area contributed by atoms with Gasteiger partial charge in [-0.1, -0.05) is 15.9 Å². The highest BCUT2D eigenvalue weighted by Gasteiger charge is 2.18. The average molecular weight is 310 g/mol. The zero-order valence-corrected chi connectivity index (χ0v) is 11.7. The van der Waals surface area contributed by atoms with Crippen molar-refractivity contribution in [3.63, 3.8) is 0 Å². The van der Waals surface area contributed by atoms with Crippen LogP contribution >= 0.6 is 15.9 Å². The number of carbonyl (C=O) groups is 2. The van der Waals surface area contributed by atoms with Gasteiger partial charge in [0.2, 0.25) is 0 Å². The summed E-state index contributed by atoms with van der Waals surface area (Å²) in [6.45, 7) is 3.63. The van der Waals surface area contributed by atoms with Gasteiger partial charge >= 0.3 is 5.97 Å². The fraction of sp³-hybridized carbons (Fsp3) is 0.308. The van der Waals surface area contributed by atoms with E-state index in [1.807, 2.05) is 6.07 Å². The monoisotopic (exact) mass is 309 g/mol. The molecule has 4 nitrogen and oxygen atoms in total. The SMILES string of the molecule is CCOC(=O)c1ccc(C#N)c(C(=O)C(C)Br)c1. The van der Waals surface area contributed by atoms with Gasteiger partial charge in [0.15, 0.2) is 5.78 Å². The van der Waals surface area contributed by atoms with E-state index in [1.54, 1.807) is 13.8 Å². The molecular formula is C13H12BrNO3. The molecule has 94 valence electrons. The number of Topliss-reactive ketones (excluding diaryl/α,β-unsaturated/α-hetero) is 1. The Kier molecular flexibility index (Phi) is 5.05. The average Bonchev–Trinajstić information content (AvgIpc) is 2.37. The van der Waals surface area contributed by atoms with Crippen molar-refractivity contribution < 1.29 is 14.3 Å². The minimum absolute atomic E-state index is 0.229. The number of esters is 1. The van der Waals surface area contributed by atoms with Gasteiger partial charge in [0.05, 0.1) is 28.6 Å². The highest BCUT2D eigenvalue weighted by atomic mass is 79.9. The van der Waals surface area contributed by atoms with Gasteiger partial charge < -0.3 is 4.74 Å². The van der Waals surface area contributed by atoms with Crippen LogP contribution in [-0.4, -0.2) is 23.2 Å². The van der Waals surface area contributed by atoms with Crippen molar-refractivity contribution in [1.82, 2.24) is 0 Å². The lowest BCUT2D eigenvalue weighted by Gasteiger charge is -2.07. The predicted octanol–water partition coefficient (Wildman–Crippen LogP) is 2.70. The van der Waals surface area contributed by atoms with Gasteiger partial charge in [0.25, 0.3) is 0 Å². The summed E-state index contributed by atoms with van der Waals surface area (Å²) in [5.41, 5.74) is 0.749. The smallest absolute Gasteiger partial charge is 0.338 e. The number of rotatable bonds is 4. The Morgan fingerprint density at radius 1 is 1.50 bits per heavy atom. The van der Waals surface area contributed by atoms with Crippen molar-refractivity contribution in [2.24, 2.45) is 0 Å². The number of nitrogens with zero attached hydrogens (tertiary/aromatic N) is 1. The number of hydrogen-bond acceptors (Lipinski definition) is 4. The maximum atomic E-state index is 11.9. The second-order valence-electron chi connectivity index (χ2n) is 3.57. The molecule has 0 spiro atoms. The number of carbonyl (C=O) groups excluding carboxylic acids is 2. The van der Waals surface area contributed by atoms with E-state index in [0.717, 1.165) is 0 Å². The second kappa shape index (κ2) is 6.31. The summed E-state index contributed by atoms with van der Waals surface area (Å²) in [7, 11) is 0. The van der Waals surface area contributed by atoms with Crippen LogP contribution in [0.1, 0.15) is 40.1 Å². The van der Waals surface area contributed by atoms with E-state index in [-0.39, 0.29) is 29.1 Å². The summed E-state index contributed by atoms with van der Waals surface area (Å²) >= 11 is 3.16. The molecule has 0 heterocycles. The highest BCUT2D eigenvalue weighted by Crippen LogP contribution is 2.17. The lowest BCUT2D eigenvalue weighted by molar-refractivity contribution is 0.0526. The molecule has 1 aromatic rings. The Bertz CT molecular complexity index is 517. The standard InChI is InChI=1S/C13H12BrNO3/c1-3-18-13(17)9-4-5-10(7-15)11(6-9)12(16)8(2)14/h4-6,8H,3H2,1-2H3. The van der Waals surface area contributed by atoms with Crippen LogP contribution in [0.2, 0.25) is 0 Å². The fourth-order valence-electron chi connectivity index (χ4n) is 1.40. The second-order valence-corrected chi connectivity index (χ2v) is 4.95. The molecular weight excluding hydrogens is 298 g/mol. The van der Waals surface area contributed by atoms with Gasteiger partial charge in [-0.2, -0.15) is 5.26 Å². The normalized spacial score (nSPS) is 11.4. The van der Waals surface area contributed by atoms with E-state index in [0.29, 0.717) is 0 Å². The van der Waals surface area contributed by atoms with E-state index in [2.05, 4.69) is 15.9 Å². The molecule has 1 atom stereocenters. The van der Waals surface area contributed by atoms with Crippen LogP contribution in [0.3, 0.4) is 0 Å². The summed E-state index contributed by atoms with van der Waals surface area (Å²) in [5, 5.41) is 8.95. The fourth-order valence-corrected chi connectivity index (χ4v) is 1.65. The van der Waals surface area contributed by atoms with Crippen LogP contribution in [0.4, 0.5) is 0 Å². The van der Waals surface area contributed by atoms with Crippen LogP contribution in [-0.2, 0) is 4.74 Å². The summed E-state index contributed by atoms with van der Waals surface area (Å²) in [6, 6.07) is 6.27. The molecule has 18 heavy (non-hydrogen) atoms. The first-order valence-electron chi connectivity index (χ1n) is 5.40. The minimum Gasteiger partial charge on any atom is -0.462 e. The number of hydrogen-bond donors (Lipinski definition) is 0. The Morgan fingerprint density at radius 3 is 2.67 bits per heavy atom. The number of ether oxygens (including phenoxy) is 1. The molecule has 0 bridgehead atoms. The third kappa shape index (κ3) is 3.17. The van der Waals surface area contributed by atoms with Crippen molar-refractivity contribution in [1.29, 1.82) is 5.26 Å². The molecule has 0 fully saturated rings. The van der Waals surface area contributed by atoms with E-state index < -0.39 is 10.8 Å². The predicted molar refractivity (Wildman–Crippen MR) is 69.8 cm³/mol. The molecule has 0 N–H and O–H groups in total. The van der Waals surface area contributed by atoms with Crippen molar-refractivity contribution in [2.45, 2.75) is 18.7 Å². The lowest BCUT2D eigenvalue weighted by Crippen LogP contribution is -2.14. The maximum Gasteiger partial charge on any atom is 0.338 e. The molecule has 0 aliphatic rings. The molecule has 0 amide bonds. The molecule has 1 aromatic carbocycles. The molecule has 0 saturated heterocycles. The number of benzene rings is 1. The summed E-state index contributed by atoms with van der Waals surface area (Å²) in [5.74, 6) is -0.740. The molecule has 0 saturated carbocycles. The quantitative estimate of drug-likeness (QED) is 0.487. The maximum absolute atomic E-state index is 11.9. The van der Waals surface area contributed by atoms with Crippen LogP contribution in [0.15, 0.2) is 18.2 Å². The zero-order valence-electron chi connectivity index (χ0n) is 10.1. The van der Waals surface area contributed by atoms with Gasteiger partial charge in [0.1, 0.15) is 0 Å². The first-order valence-corrected chi connectivity index (χ1v) is 6.32. The van der Waals surface area contributed by atoms with E-state index >= 15 is 0 Å². The van der Waals surface area contributed by atoms with Gasteiger partial charge in [-0.3, -0.25) is 4.79 Å². The molecule has 0 radical (unpaired) electrons. The summed E-state index contributed by atoms with van der Waals surface area (Å²) in [6.07, 6.45) is 0. The van der Waals surface area contributed by atoms with Gasteiger partial charge in [-0.15, -0.1) is 0 Å². The van der Waals surface area contributed by atoms with Crippen LogP contribution in [0.5, 0.6) is 0 Å². The van der Waals surface area contributed by atoms with Gasteiger partial charge in [0, 0.05) is 5.56 Å². The summed E-state index contributed by atoms with van der Waals surface area (Å²) < 4.78 is 4.85. The largest absolute Gasteiger partial charge is 0.462 e. The van der Waals surface area contributed by atoms with Crippen molar-refractivity contribution in [2.75, 3.05) is 6.61 Å². The molecule has 5 heteroatoms. The molecule has 0 aliphatic carbocycles. The number of ketones is 1. The van der Waals surface area contributed by atoms with Crippen molar-refractivity contribution in [3.8, 4) is 6.07 Å². The third-order valence-corrected chi connectivity index (χ3v) is 2.69. The van der Waals surface area contributed by atoms with Crippen molar-refractivity contribution in [3.05, 3.63) is 34.9 Å². The minimum atomic E-state index is -0.502. The van der Waals surface area contributed by atoms with Crippen LogP contribution < -0.4 is 0 Å². The van der Waals surface area contributed by atoms with Gasteiger partial charge in [-0.25, -0.2) is 4.79 Å². The Hall–Kier alpha value is -1.67. The third-order valence-electron chi connectivity index (χ3n) is 2.28.